The molecule has 1 aliphatic rings. The molecular formula is C16H15ClN2O2S2. The van der Waals surface area contributed by atoms with E-state index in [1.165, 1.54) is 16.2 Å². The van der Waals surface area contributed by atoms with Crippen LogP contribution in [0.25, 0.3) is 0 Å². The number of carbonyl (C=O) groups is 1. The van der Waals surface area contributed by atoms with Crippen LogP contribution in [0.2, 0.25) is 4.34 Å². The lowest BCUT2D eigenvalue weighted by molar-refractivity contribution is -0.131. The number of halogens is 1. The Morgan fingerprint density at radius 3 is 2.91 bits per heavy atom. The lowest BCUT2D eigenvalue weighted by Crippen LogP contribution is -2.36. The summed E-state index contributed by atoms with van der Waals surface area (Å²) in [6.07, 6.45) is -0.0679. The number of rotatable bonds is 6. The van der Waals surface area contributed by atoms with Crippen LogP contribution in [0.1, 0.15) is 11.3 Å². The van der Waals surface area contributed by atoms with Gasteiger partial charge in [-0.25, -0.2) is 0 Å². The summed E-state index contributed by atoms with van der Waals surface area (Å²) in [5.74, 6) is 0.691. The molecule has 4 nitrogen and oxygen atoms in total. The second-order valence-corrected chi connectivity index (χ2v) is 7.78. The van der Waals surface area contributed by atoms with Crippen LogP contribution in [0, 0.1) is 0 Å². The summed E-state index contributed by atoms with van der Waals surface area (Å²) in [7, 11) is 0. The van der Waals surface area contributed by atoms with E-state index in [0.717, 1.165) is 16.3 Å². The number of carbonyl (C=O) groups excluding carboxylic acids is 1. The molecule has 1 amide bonds. The molecule has 2 aromatic rings. The molecule has 1 aromatic heterocycles. The molecule has 23 heavy (non-hydrogen) atoms. The fourth-order valence-electron chi connectivity index (χ4n) is 2.11. The van der Waals surface area contributed by atoms with E-state index in [2.05, 4.69) is 22.6 Å². The van der Waals surface area contributed by atoms with Crippen molar-refractivity contribution in [2.45, 2.75) is 17.4 Å². The van der Waals surface area contributed by atoms with Gasteiger partial charge in [0.15, 0.2) is 0 Å². The molecule has 120 valence electrons. The monoisotopic (exact) mass is 366 g/mol. The van der Waals surface area contributed by atoms with Gasteiger partial charge in [0.1, 0.15) is 5.71 Å². The first kappa shape index (κ1) is 16.4. The van der Waals surface area contributed by atoms with E-state index in [0.29, 0.717) is 17.3 Å². The molecule has 1 N–H and O–H groups in total. The van der Waals surface area contributed by atoms with E-state index in [1.807, 2.05) is 30.3 Å². The number of hydrogen-bond donors (Lipinski definition) is 1. The minimum Gasteiger partial charge on any atom is -0.382 e. The Morgan fingerprint density at radius 2 is 2.17 bits per heavy atom. The summed E-state index contributed by atoms with van der Waals surface area (Å²) in [4.78, 5) is 19.5. The predicted molar refractivity (Wildman–Crippen MR) is 95.5 cm³/mol. The Labute approximate surface area is 147 Å². The van der Waals surface area contributed by atoms with Crippen molar-refractivity contribution in [1.82, 2.24) is 5.32 Å². The minimum absolute atomic E-state index is 0.125. The quantitative estimate of drug-likeness (QED) is 0.624. The van der Waals surface area contributed by atoms with Crippen LogP contribution in [0.3, 0.4) is 0 Å². The van der Waals surface area contributed by atoms with Gasteiger partial charge in [-0.2, -0.15) is 0 Å². The molecular weight excluding hydrogens is 352 g/mol. The molecule has 0 bridgehead atoms. The zero-order valence-corrected chi connectivity index (χ0v) is 14.6. The van der Waals surface area contributed by atoms with Crippen molar-refractivity contribution in [2.24, 2.45) is 5.16 Å². The highest BCUT2D eigenvalue weighted by Gasteiger charge is 2.29. The smallest absolute Gasteiger partial charge is 0.264 e. The molecule has 2 heterocycles. The molecule has 0 spiro atoms. The molecule has 0 saturated heterocycles. The number of nitrogens with one attached hydrogen (secondary N) is 1. The predicted octanol–water partition coefficient (Wildman–Crippen LogP) is 3.80. The third-order valence-electron chi connectivity index (χ3n) is 3.23. The number of hydrogen-bond acceptors (Lipinski definition) is 5. The van der Waals surface area contributed by atoms with Crippen LogP contribution in [0.4, 0.5) is 0 Å². The Balaban J connectivity index is 1.40. The summed E-state index contributed by atoms with van der Waals surface area (Å²) in [6.45, 7) is 0.596. The average molecular weight is 367 g/mol. The molecule has 0 saturated carbocycles. The first-order chi connectivity index (χ1) is 11.2. The fraction of sp³-hybridized carbons (Fsp3) is 0.250. The lowest BCUT2D eigenvalue weighted by Gasteiger charge is -2.09. The number of benzene rings is 1. The lowest BCUT2D eigenvalue weighted by atomic mass is 10.1. The van der Waals surface area contributed by atoms with E-state index in [1.54, 1.807) is 11.8 Å². The summed E-state index contributed by atoms with van der Waals surface area (Å²) < 4.78 is 0.702. The number of thioether (sulfide) groups is 1. The summed E-state index contributed by atoms with van der Waals surface area (Å²) >= 11 is 9.06. The third kappa shape index (κ3) is 4.50. The Morgan fingerprint density at radius 1 is 1.35 bits per heavy atom. The average Bonchev–Trinajstić information content (AvgIpc) is 3.21. The minimum atomic E-state index is -0.549. The second-order valence-electron chi connectivity index (χ2n) is 4.89. The van der Waals surface area contributed by atoms with E-state index in [9.17, 15) is 4.79 Å². The van der Waals surface area contributed by atoms with Gasteiger partial charge in [0.25, 0.3) is 5.91 Å². The Bertz CT molecular complexity index is 703. The van der Waals surface area contributed by atoms with E-state index >= 15 is 0 Å². The van der Waals surface area contributed by atoms with Gasteiger partial charge in [0.05, 0.1) is 9.21 Å². The van der Waals surface area contributed by atoms with Crippen LogP contribution in [-0.4, -0.2) is 30.0 Å². The Hall–Kier alpha value is -1.50. The molecule has 0 fully saturated rings. The largest absolute Gasteiger partial charge is 0.382 e. The first-order valence-corrected chi connectivity index (χ1v) is 9.34. The van der Waals surface area contributed by atoms with E-state index in [4.69, 9.17) is 16.4 Å². The van der Waals surface area contributed by atoms with Crippen molar-refractivity contribution in [1.29, 1.82) is 0 Å². The van der Waals surface area contributed by atoms with Crippen molar-refractivity contribution < 1.29 is 9.63 Å². The summed E-state index contributed by atoms with van der Waals surface area (Å²) in [5, 5.41) is 6.89. The van der Waals surface area contributed by atoms with Gasteiger partial charge in [0.2, 0.25) is 6.10 Å². The van der Waals surface area contributed by atoms with Crippen LogP contribution in [0.5, 0.6) is 0 Å². The van der Waals surface area contributed by atoms with E-state index in [-0.39, 0.29) is 5.91 Å². The van der Waals surface area contributed by atoms with Gasteiger partial charge in [-0.05, 0) is 24.3 Å². The zero-order valence-electron chi connectivity index (χ0n) is 12.2. The number of oxime groups is 1. The normalized spacial score (nSPS) is 16.7. The van der Waals surface area contributed by atoms with Crippen molar-refractivity contribution >= 4 is 46.3 Å². The van der Waals surface area contributed by atoms with Gasteiger partial charge in [-0.1, -0.05) is 35.0 Å². The molecule has 1 aliphatic heterocycles. The number of nitrogens with zero attached hydrogens (tertiary/aromatic N) is 1. The van der Waals surface area contributed by atoms with Gasteiger partial charge in [0, 0.05) is 23.6 Å². The maximum Gasteiger partial charge on any atom is 0.264 e. The molecule has 1 atom stereocenters. The third-order valence-corrected chi connectivity index (χ3v) is 5.53. The summed E-state index contributed by atoms with van der Waals surface area (Å²) in [6, 6.07) is 13.8. The number of thiophene rings is 1. The molecule has 1 aromatic carbocycles. The van der Waals surface area contributed by atoms with Gasteiger partial charge in [-0.15, -0.1) is 23.1 Å². The maximum absolute atomic E-state index is 12.1. The highest BCUT2D eigenvalue weighted by Crippen LogP contribution is 2.26. The van der Waals surface area contributed by atoms with Crippen molar-refractivity contribution in [3.8, 4) is 0 Å². The molecule has 1 unspecified atom stereocenters. The standard InChI is InChI=1S/C16H15ClN2O2S2/c17-15-7-6-14(23-15)12-10-13(21-19-12)16(20)18-8-9-22-11-4-2-1-3-5-11/h1-7,13H,8-10H2,(H,18,20). The van der Waals surface area contributed by atoms with Crippen LogP contribution < -0.4 is 5.32 Å². The van der Waals surface area contributed by atoms with Gasteiger partial charge in [-0.3, -0.25) is 4.79 Å². The van der Waals surface area contributed by atoms with Crippen molar-refractivity contribution in [2.75, 3.05) is 12.3 Å². The van der Waals surface area contributed by atoms with Gasteiger partial charge >= 0.3 is 0 Å². The molecule has 0 aliphatic carbocycles. The summed E-state index contributed by atoms with van der Waals surface area (Å²) in [5.41, 5.74) is 0.778. The van der Waals surface area contributed by atoms with Crippen LogP contribution in [0.15, 0.2) is 52.5 Å². The van der Waals surface area contributed by atoms with Crippen LogP contribution >= 0.6 is 34.7 Å². The first-order valence-electron chi connectivity index (χ1n) is 7.16. The van der Waals surface area contributed by atoms with Crippen LogP contribution in [-0.2, 0) is 9.63 Å². The zero-order chi connectivity index (χ0) is 16.1. The maximum atomic E-state index is 12.1. The topological polar surface area (TPSA) is 50.7 Å². The van der Waals surface area contributed by atoms with E-state index < -0.39 is 6.10 Å². The fourth-order valence-corrected chi connectivity index (χ4v) is 3.93. The highest BCUT2D eigenvalue weighted by molar-refractivity contribution is 7.99. The second kappa shape index (κ2) is 7.86. The van der Waals surface area contributed by atoms with Crippen molar-refractivity contribution in [3.05, 3.63) is 51.7 Å². The SMILES string of the molecule is O=C(NCCSc1ccccc1)C1CC(c2ccc(Cl)s2)=NO1. The number of amides is 1. The molecule has 7 heteroatoms. The Kier molecular flexibility index (Phi) is 5.59. The molecule has 0 radical (unpaired) electrons. The van der Waals surface area contributed by atoms with Crippen molar-refractivity contribution in [3.63, 3.8) is 0 Å². The highest BCUT2D eigenvalue weighted by atomic mass is 35.5. The van der Waals surface area contributed by atoms with Gasteiger partial charge < -0.3 is 10.2 Å². The molecule has 3 rings (SSSR count).